The van der Waals surface area contributed by atoms with E-state index in [2.05, 4.69) is 0 Å². The van der Waals surface area contributed by atoms with Gasteiger partial charge in [-0.1, -0.05) is 0 Å². The lowest BCUT2D eigenvalue weighted by atomic mass is 10.3. The number of aliphatic hydroxyl groups is 2. The Balaban J connectivity index is 2.05. The summed E-state index contributed by atoms with van der Waals surface area (Å²) in [5.74, 6) is 0.904. The molecule has 0 aromatic rings. The van der Waals surface area contributed by atoms with E-state index in [1.807, 2.05) is 0 Å². The second-order valence-electron chi connectivity index (χ2n) is 2.54. The summed E-state index contributed by atoms with van der Waals surface area (Å²) in [6.45, 7) is 0.897. The first-order valence-corrected chi connectivity index (χ1v) is 4.91. The molecule has 0 bridgehead atoms. The van der Waals surface area contributed by atoms with Crippen molar-refractivity contribution in [3.8, 4) is 0 Å². The van der Waals surface area contributed by atoms with Gasteiger partial charge in [0, 0.05) is 6.61 Å². The lowest BCUT2D eigenvalue weighted by Gasteiger charge is -2.11. The van der Waals surface area contributed by atoms with Gasteiger partial charge in [0.2, 0.25) is 0 Å². The SMILES string of the molecule is OCCCSC1CCOC1O. The molecule has 3 nitrogen and oxygen atoms in total. The Bertz CT molecular complexity index is 110. The van der Waals surface area contributed by atoms with Gasteiger partial charge in [0.25, 0.3) is 0 Å². The smallest absolute Gasteiger partial charge is 0.166 e. The molecule has 0 radical (unpaired) electrons. The van der Waals surface area contributed by atoms with E-state index in [0.717, 1.165) is 18.6 Å². The van der Waals surface area contributed by atoms with Gasteiger partial charge in [-0.2, -0.15) is 11.8 Å². The average Bonchev–Trinajstić information content (AvgIpc) is 2.37. The number of hydrogen-bond acceptors (Lipinski definition) is 4. The molecule has 1 aliphatic rings. The molecule has 1 saturated heterocycles. The van der Waals surface area contributed by atoms with Crippen LogP contribution >= 0.6 is 11.8 Å². The number of hydrogen-bond donors (Lipinski definition) is 2. The van der Waals surface area contributed by atoms with Gasteiger partial charge >= 0.3 is 0 Å². The predicted octanol–water partition coefficient (Wildman–Crippen LogP) is 0.209. The highest BCUT2D eigenvalue weighted by Crippen LogP contribution is 2.25. The number of ether oxygens (including phenoxy) is 1. The zero-order chi connectivity index (χ0) is 8.10. The van der Waals surface area contributed by atoms with E-state index >= 15 is 0 Å². The normalized spacial score (nSPS) is 31.1. The molecule has 0 spiro atoms. The third-order valence-electron chi connectivity index (χ3n) is 1.64. The molecule has 0 saturated carbocycles. The van der Waals surface area contributed by atoms with Crippen molar-refractivity contribution < 1.29 is 14.9 Å². The van der Waals surface area contributed by atoms with Crippen molar-refractivity contribution in [2.45, 2.75) is 24.4 Å². The van der Waals surface area contributed by atoms with Crippen LogP contribution in [-0.2, 0) is 4.74 Å². The van der Waals surface area contributed by atoms with Gasteiger partial charge in [-0.3, -0.25) is 0 Å². The Morgan fingerprint density at radius 3 is 2.91 bits per heavy atom. The molecule has 66 valence electrons. The van der Waals surface area contributed by atoms with Crippen LogP contribution in [0.1, 0.15) is 12.8 Å². The second-order valence-corrected chi connectivity index (χ2v) is 3.88. The minimum absolute atomic E-state index is 0.224. The van der Waals surface area contributed by atoms with Crippen molar-refractivity contribution in [1.29, 1.82) is 0 Å². The Kier molecular flexibility index (Phi) is 4.22. The largest absolute Gasteiger partial charge is 0.396 e. The van der Waals surface area contributed by atoms with Crippen LogP contribution < -0.4 is 0 Å². The van der Waals surface area contributed by atoms with E-state index in [1.165, 1.54) is 0 Å². The van der Waals surface area contributed by atoms with E-state index in [4.69, 9.17) is 9.84 Å². The Hall–Kier alpha value is 0.230. The summed E-state index contributed by atoms with van der Waals surface area (Å²) in [4.78, 5) is 0. The summed E-state index contributed by atoms with van der Waals surface area (Å²) in [6, 6.07) is 0. The fraction of sp³-hybridized carbons (Fsp3) is 1.00. The number of thioether (sulfide) groups is 1. The second kappa shape index (κ2) is 4.98. The zero-order valence-electron chi connectivity index (χ0n) is 6.40. The summed E-state index contributed by atoms with van der Waals surface area (Å²) >= 11 is 1.68. The first-order chi connectivity index (χ1) is 5.34. The Labute approximate surface area is 70.7 Å². The fourth-order valence-corrected chi connectivity index (χ4v) is 2.12. The molecule has 1 rings (SSSR count). The molecule has 1 fully saturated rings. The van der Waals surface area contributed by atoms with Crippen LogP contribution in [0.5, 0.6) is 0 Å². The Morgan fingerprint density at radius 2 is 2.36 bits per heavy atom. The van der Waals surface area contributed by atoms with Crippen LogP contribution in [-0.4, -0.2) is 40.7 Å². The van der Waals surface area contributed by atoms with Gasteiger partial charge in [-0.15, -0.1) is 0 Å². The minimum Gasteiger partial charge on any atom is -0.396 e. The van der Waals surface area contributed by atoms with Gasteiger partial charge in [-0.05, 0) is 18.6 Å². The standard InChI is InChI=1S/C7H14O3S/c8-3-1-5-11-6-2-4-10-7(6)9/h6-9H,1-5H2. The van der Waals surface area contributed by atoms with Crippen molar-refractivity contribution >= 4 is 11.8 Å². The van der Waals surface area contributed by atoms with E-state index in [9.17, 15) is 5.11 Å². The summed E-state index contributed by atoms with van der Waals surface area (Å²) < 4.78 is 4.97. The summed E-state index contributed by atoms with van der Waals surface area (Å²) in [7, 11) is 0. The highest BCUT2D eigenvalue weighted by atomic mass is 32.2. The van der Waals surface area contributed by atoms with Gasteiger partial charge in [0.1, 0.15) is 0 Å². The molecular weight excluding hydrogens is 164 g/mol. The van der Waals surface area contributed by atoms with Crippen LogP contribution in [0.4, 0.5) is 0 Å². The van der Waals surface area contributed by atoms with E-state index in [0.29, 0.717) is 6.61 Å². The van der Waals surface area contributed by atoms with Crippen LogP contribution in [0, 0.1) is 0 Å². The summed E-state index contributed by atoms with van der Waals surface area (Å²) in [6.07, 6.45) is 1.14. The van der Waals surface area contributed by atoms with Crippen LogP contribution in [0.15, 0.2) is 0 Å². The highest BCUT2D eigenvalue weighted by molar-refractivity contribution is 7.99. The van der Waals surface area contributed by atoms with Crippen molar-refractivity contribution in [1.82, 2.24) is 0 Å². The predicted molar refractivity (Wildman–Crippen MR) is 44.5 cm³/mol. The quantitative estimate of drug-likeness (QED) is 0.604. The van der Waals surface area contributed by atoms with Crippen molar-refractivity contribution in [3.63, 3.8) is 0 Å². The van der Waals surface area contributed by atoms with E-state index in [-0.39, 0.29) is 11.9 Å². The van der Waals surface area contributed by atoms with Gasteiger partial charge in [-0.25, -0.2) is 0 Å². The molecule has 0 amide bonds. The molecule has 1 aliphatic heterocycles. The maximum atomic E-state index is 9.18. The molecular formula is C7H14O3S. The first kappa shape index (κ1) is 9.32. The lowest BCUT2D eigenvalue weighted by molar-refractivity contribution is -0.0561. The van der Waals surface area contributed by atoms with Crippen molar-refractivity contribution in [2.75, 3.05) is 19.0 Å². The van der Waals surface area contributed by atoms with Crippen LogP contribution in [0.2, 0.25) is 0 Å². The number of rotatable bonds is 4. The topological polar surface area (TPSA) is 49.7 Å². The minimum atomic E-state index is -0.585. The molecule has 11 heavy (non-hydrogen) atoms. The van der Waals surface area contributed by atoms with Crippen molar-refractivity contribution in [3.05, 3.63) is 0 Å². The lowest BCUT2D eigenvalue weighted by Crippen LogP contribution is -2.17. The molecule has 0 aromatic carbocycles. The Morgan fingerprint density at radius 1 is 1.55 bits per heavy atom. The van der Waals surface area contributed by atoms with Crippen LogP contribution in [0.25, 0.3) is 0 Å². The van der Waals surface area contributed by atoms with E-state index in [1.54, 1.807) is 11.8 Å². The molecule has 2 N–H and O–H groups in total. The van der Waals surface area contributed by atoms with Gasteiger partial charge in [0.05, 0.1) is 11.9 Å². The monoisotopic (exact) mass is 178 g/mol. The number of aliphatic hydroxyl groups excluding tert-OH is 2. The van der Waals surface area contributed by atoms with Gasteiger partial charge < -0.3 is 14.9 Å². The summed E-state index contributed by atoms with van der Waals surface area (Å²) in [5.41, 5.74) is 0. The van der Waals surface area contributed by atoms with Gasteiger partial charge in [0.15, 0.2) is 6.29 Å². The summed E-state index contributed by atoms with van der Waals surface area (Å²) in [5, 5.41) is 17.9. The van der Waals surface area contributed by atoms with Crippen LogP contribution in [0.3, 0.4) is 0 Å². The van der Waals surface area contributed by atoms with E-state index < -0.39 is 6.29 Å². The molecule has 1 heterocycles. The fourth-order valence-electron chi connectivity index (χ4n) is 1.02. The third kappa shape index (κ3) is 2.99. The first-order valence-electron chi connectivity index (χ1n) is 3.86. The third-order valence-corrected chi connectivity index (χ3v) is 3.06. The maximum Gasteiger partial charge on any atom is 0.166 e. The molecule has 4 heteroatoms. The average molecular weight is 178 g/mol. The molecule has 2 atom stereocenters. The van der Waals surface area contributed by atoms with Crippen molar-refractivity contribution in [2.24, 2.45) is 0 Å². The molecule has 0 aliphatic carbocycles. The zero-order valence-corrected chi connectivity index (χ0v) is 7.22. The maximum absolute atomic E-state index is 9.18. The molecule has 0 aromatic heterocycles. The molecule has 2 unspecified atom stereocenters. The highest BCUT2D eigenvalue weighted by Gasteiger charge is 2.25.